The first kappa shape index (κ1) is 12.3. The lowest BCUT2D eigenvalue weighted by molar-refractivity contribution is 0.0726. The van der Waals surface area contributed by atoms with E-state index in [1.54, 1.807) is 6.07 Å². The van der Waals surface area contributed by atoms with Crippen LogP contribution in [-0.2, 0) is 11.3 Å². The Morgan fingerprint density at radius 2 is 2.35 bits per heavy atom. The quantitative estimate of drug-likeness (QED) is 0.807. The minimum Gasteiger partial charge on any atom is -0.394 e. The molecule has 4 nitrogen and oxygen atoms in total. The second kappa shape index (κ2) is 5.44. The predicted molar refractivity (Wildman–Crippen MR) is 63.3 cm³/mol. The lowest BCUT2D eigenvalue weighted by Gasteiger charge is -2.37. The molecule has 1 saturated heterocycles. The molecule has 3 N–H and O–H groups in total. The van der Waals surface area contributed by atoms with Gasteiger partial charge in [0.05, 0.1) is 25.9 Å². The number of aliphatic hydroxyl groups is 1. The topological polar surface area (TPSA) is 58.7 Å². The van der Waals surface area contributed by atoms with Crippen LogP contribution in [0.1, 0.15) is 5.56 Å². The molecule has 94 valence electrons. The van der Waals surface area contributed by atoms with E-state index < -0.39 is 0 Å². The lowest BCUT2D eigenvalue weighted by atomic mass is 10.1. The first-order valence-corrected chi connectivity index (χ1v) is 5.70. The summed E-state index contributed by atoms with van der Waals surface area (Å²) in [4.78, 5) is 2.03. The Bertz CT molecular complexity index is 387. The molecule has 0 saturated carbocycles. The van der Waals surface area contributed by atoms with Crippen molar-refractivity contribution in [3.8, 4) is 0 Å². The van der Waals surface area contributed by atoms with Crippen LogP contribution in [0.2, 0.25) is 0 Å². The first-order valence-electron chi connectivity index (χ1n) is 5.70. The fraction of sp³-hybridized carbons (Fsp3) is 0.500. The van der Waals surface area contributed by atoms with Crippen molar-refractivity contribution in [2.75, 3.05) is 31.3 Å². The Morgan fingerprint density at radius 3 is 3.06 bits per heavy atom. The zero-order chi connectivity index (χ0) is 12.3. The fourth-order valence-corrected chi connectivity index (χ4v) is 2.12. The third kappa shape index (κ3) is 2.57. The van der Waals surface area contributed by atoms with Gasteiger partial charge in [0.2, 0.25) is 0 Å². The Hall–Kier alpha value is -1.17. The molecule has 0 spiro atoms. The Labute approximate surface area is 99.8 Å². The average molecular weight is 240 g/mol. The Balaban J connectivity index is 2.30. The van der Waals surface area contributed by atoms with E-state index in [-0.39, 0.29) is 25.0 Å². The van der Waals surface area contributed by atoms with Gasteiger partial charge in [-0.1, -0.05) is 0 Å². The van der Waals surface area contributed by atoms with Crippen molar-refractivity contribution < 1.29 is 14.2 Å². The van der Waals surface area contributed by atoms with Crippen LogP contribution in [0.25, 0.3) is 0 Å². The number of anilines is 1. The van der Waals surface area contributed by atoms with Gasteiger partial charge in [-0.05, 0) is 23.8 Å². The zero-order valence-electron chi connectivity index (χ0n) is 9.60. The van der Waals surface area contributed by atoms with Gasteiger partial charge in [-0.2, -0.15) is 0 Å². The molecule has 1 atom stereocenters. The first-order chi connectivity index (χ1) is 8.26. The molecule has 17 heavy (non-hydrogen) atoms. The van der Waals surface area contributed by atoms with Gasteiger partial charge >= 0.3 is 0 Å². The molecule has 0 radical (unpaired) electrons. The highest BCUT2D eigenvalue weighted by Crippen LogP contribution is 2.25. The van der Waals surface area contributed by atoms with E-state index in [0.717, 1.165) is 11.3 Å². The summed E-state index contributed by atoms with van der Waals surface area (Å²) in [6.45, 7) is 2.07. The molecule has 1 aromatic carbocycles. The molecule has 1 unspecified atom stereocenters. The van der Waals surface area contributed by atoms with Crippen molar-refractivity contribution in [2.24, 2.45) is 5.73 Å². The second-order valence-electron chi connectivity index (χ2n) is 4.08. The molecule has 0 bridgehead atoms. The fourth-order valence-electron chi connectivity index (χ4n) is 2.12. The second-order valence-corrected chi connectivity index (χ2v) is 4.08. The summed E-state index contributed by atoms with van der Waals surface area (Å²) < 4.78 is 18.4. The van der Waals surface area contributed by atoms with E-state index in [9.17, 15) is 9.50 Å². The minimum absolute atomic E-state index is 0.0153. The number of hydrogen-bond acceptors (Lipinski definition) is 4. The standard InChI is InChI=1S/C12H17FN2O2/c13-10-1-2-12(9(5-10)6-14)15-3-4-17-8-11(15)7-16/h1-2,5,11,16H,3-4,6-8,14H2. The minimum atomic E-state index is -0.289. The molecular formula is C12H17FN2O2. The number of hydrogen-bond donors (Lipinski definition) is 2. The zero-order valence-corrected chi connectivity index (χ0v) is 9.60. The molecule has 1 fully saturated rings. The van der Waals surface area contributed by atoms with Crippen LogP contribution >= 0.6 is 0 Å². The van der Waals surface area contributed by atoms with Gasteiger partial charge in [-0.15, -0.1) is 0 Å². The smallest absolute Gasteiger partial charge is 0.123 e. The van der Waals surface area contributed by atoms with Gasteiger partial charge in [0.1, 0.15) is 5.82 Å². The van der Waals surface area contributed by atoms with Crippen LogP contribution in [0.5, 0.6) is 0 Å². The molecule has 5 heteroatoms. The third-order valence-electron chi connectivity index (χ3n) is 3.01. The van der Waals surface area contributed by atoms with Crippen LogP contribution in [-0.4, -0.2) is 37.5 Å². The summed E-state index contributed by atoms with van der Waals surface area (Å²) >= 11 is 0. The highest BCUT2D eigenvalue weighted by Gasteiger charge is 2.24. The number of ether oxygens (including phenoxy) is 1. The van der Waals surface area contributed by atoms with Crippen molar-refractivity contribution in [3.63, 3.8) is 0 Å². The number of rotatable bonds is 3. The number of halogens is 1. The van der Waals surface area contributed by atoms with Crippen molar-refractivity contribution in [1.82, 2.24) is 0 Å². The molecule has 0 amide bonds. The summed E-state index contributed by atoms with van der Waals surface area (Å²) in [6, 6.07) is 4.49. The number of aliphatic hydroxyl groups excluding tert-OH is 1. The summed E-state index contributed by atoms with van der Waals surface area (Å²) in [6.07, 6.45) is 0. The summed E-state index contributed by atoms with van der Waals surface area (Å²) in [5, 5.41) is 9.31. The monoisotopic (exact) mass is 240 g/mol. The van der Waals surface area contributed by atoms with Crippen LogP contribution in [0.15, 0.2) is 18.2 Å². The van der Waals surface area contributed by atoms with Gasteiger partial charge in [0, 0.05) is 18.8 Å². The molecule has 1 aliphatic heterocycles. The van der Waals surface area contributed by atoms with Crippen LogP contribution in [0, 0.1) is 5.82 Å². The highest BCUT2D eigenvalue weighted by atomic mass is 19.1. The van der Waals surface area contributed by atoms with Crippen LogP contribution in [0.4, 0.5) is 10.1 Å². The van der Waals surface area contributed by atoms with Crippen molar-refractivity contribution in [3.05, 3.63) is 29.6 Å². The van der Waals surface area contributed by atoms with Gasteiger partial charge in [-0.25, -0.2) is 4.39 Å². The largest absolute Gasteiger partial charge is 0.394 e. The number of nitrogens with two attached hydrogens (primary N) is 1. The molecule has 0 aromatic heterocycles. The number of nitrogens with zero attached hydrogens (tertiary/aromatic N) is 1. The molecule has 1 aliphatic rings. The van der Waals surface area contributed by atoms with Gasteiger partial charge in [-0.3, -0.25) is 0 Å². The van der Waals surface area contributed by atoms with Crippen LogP contribution < -0.4 is 10.6 Å². The van der Waals surface area contributed by atoms with Crippen LogP contribution in [0.3, 0.4) is 0 Å². The maximum Gasteiger partial charge on any atom is 0.123 e. The normalized spacial score (nSPS) is 20.6. The van der Waals surface area contributed by atoms with Crippen molar-refractivity contribution in [2.45, 2.75) is 12.6 Å². The van der Waals surface area contributed by atoms with Crippen molar-refractivity contribution in [1.29, 1.82) is 0 Å². The summed E-state index contributed by atoms with van der Waals surface area (Å²) in [5.74, 6) is -0.289. The van der Waals surface area contributed by atoms with E-state index in [2.05, 4.69) is 0 Å². The average Bonchev–Trinajstić information content (AvgIpc) is 2.38. The SMILES string of the molecule is NCc1cc(F)ccc1N1CCOCC1CO. The van der Waals surface area contributed by atoms with Gasteiger partial charge < -0.3 is 20.5 Å². The Morgan fingerprint density at radius 1 is 1.53 bits per heavy atom. The Kier molecular flexibility index (Phi) is 3.93. The number of morpholine rings is 1. The van der Waals surface area contributed by atoms with Gasteiger partial charge in [0.25, 0.3) is 0 Å². The molecule has 1 aromatic rings. The maximum absolute atomic E-state index is 13.1. The van der Waals surface area contributed by atoms with E-state index in [1.807, 2.05) is 4.90 Å². The van der Waals surface area contributed by atoms with E-state index >= 15 is 0 Å². The predicted octanol–water partition coefficient (Wildman–Crippen LogP) is 0.482. The van der Waals surface area contributed by atoms with E-state index in [0.29, 0.717) is 19.8 Å². The molecule has 0 aliphatic carbocycles. The lowest BCUT2D eigenvalue weighted by Crippen LogP contribution is -2.48. The van der Waals surface area contributed by atoms with E-state index in [1.165, 1.54) is 12.1 Å². The molecule has 1 heterocycles. The maximum atomic E-state index is 13.1. The molecular weight excluding hydrogens is 223 g/mol. The van der Waals surface area contributed by atoms with Gasteiger partial charge in [0.15, 0.2) is 0 Å². The van der Waals surface area contributed by atoms with Crippen molar-refractivity contribution >= 4 is 5.69 Å². The highest BCUT2D eigenvalue weighted by molar-refractivity contribution is 5.55. The number of benzene rings is 1. The summed E-state index contributed by atoms with van der Waals surface area (Å²) in [5.41, 5.74) is 7.27. The third-order valence-corrected chi connectivity index (χ3v) is 3.01. The molecule has 2 rings (SSSR count). The summed E-state index contributed by atoms with van der Waals surface area (Å²) in [7, 11) is 0. The van der Waals surface area contributed by atoms with E-state index in [4.69, 9.17) is 10.5 Å².